The predicted octanol–water partition coefficient (Wildman–Crippen LogP) is 1.29. The number of carboxylic acids is 1. The Bertz CT molecular complexity index is 509. The third kappa shape index (κ3) is 1.80. The van der Waals surface area contributed by atoms with E-state index in [1.807, 2.05) is 6.26 Å². The monoisotopic (exact) mass is 223 g/mol. The predicted molar refractivity (Wildman–Crippen MR) is 57.2 cm³/mol. The molecule has 2 rings (SSSR count). The van der Waals surface area contributed by atoms with Crippen molar-refractivity contribution in [1.82, 2.24) is 14.6 Å². The van der Waals surface area contributed by atoms with Gasteiger partial charge in [-0.25, -0.2) is 4.79 Å². The minimum atomic E-state index is -0.952. The van der Waals surface area contributed by atoms with Crippen molar-refractivity contribution < 1.29 is 9.90 Å². The Morgan fingerprint density at radius 2 is 2.40 bits per heavy atom. The largest absolute Gasteiger partial charge is 0.478 e. The molecule has 1 N–H and O–H groups in total. The zero-order chi connectivity index (χ0) is 10.8. The molecule has 0 aliphatic rings. The van der Waals surface area contributed by atoms with Crippen molar-refractivity contribution >= 4 is 23.4 Å². The van der Waals surface area contributed by atoms with Crippen LogP contribution in [0.1, 0.15) is 16.2 Å². The Morgan fingerprint density at radius 3 is 3.07 bits per heavy atom. The van der Waals surface area contributed by atoms with Gasteiger partial charge in [0.1, 0.15) is 5.82 Å². The second-order valence-corrected chi connectivity index (χ2v) is 3.86. The van der Waals surface area contributed by atoms with Crippen molar-refractivity contribution in [3.8, 4) is 0 Å². The number of hydrogen-bond donors (Lipinski definition) is 1. The van der Waals surface area contributed by atoms with Crippen molar-refractivity contribution in [2.24, 2.45) is 0 Å². The van der Waals surface area contributed by atoms with Crippen molar-refractivity contribution in [1.29, 1.82) is 0 Å². The van der Waals surface area contributed by atoms with Crippen LogP contribution in [0, 0.1) is 0 Å². The number of hydrogen-bond acceptors (Lipinski definition) is 4. The van der Waals surface area contributed by atoms with Crippen LogP contribution in [0.5, 0.6) is 0 Å². The Balaban J connectivity index is 2.51. The number of fused-ring (bicyclic) bond motifs is 1. The first kappa shape index (κ1) is 9.97. The molecule has 6 heteroatoms. The maximum absolute atomic E-state index is 10.7. The minimum absolute atomic E-state index is 0.227. The molecule has 78 valence electrons. The second-order valence-electron chi connectivity index (χ2n) is 3.00. The maximum atomic E-state index is 10.7. The van der Waals surface area contributed by atoms with Gasteiger partial charge in [-0.15, -0.1) is 10.2 Å². The Hall–Kier alpha value is -1.56. The van der Waals surface area contributed by atoms with Crippen LogP contribution in [-0.2, 0) is 5.75 Å². The highest BCUT2D eigenvalue weighted by molar-refractivity contribution is 7.97. The quantitative estimate of drug-likeness (QED) is 0.849. The number of carbonyl (C=O) groups is 1. The molecule has 2 heterocycles. The van der Waals surface area contributed by atoms with E-state index in [0.29, 0.717) is 5.65 Å². The van der Waals surface area contributed by atoms with Crippen LogP contribution in [0.25, 0.3) is 5.65 Å². The van der Waals surface area contributed by atoms with Gasteiger partial charge < -0.3 is 5.11 Å². The van der Waals surface area contributed by atoms with Crippen molar-refractivity contribution in [3.05, 3.63) is 29.7 Å². The lowest BCUT2D eigenvalue weighted by molar-refractivity contribution is 0.0697. The van der Waals surface area contributed by atoms with Gasteiger partial charge in [0.2, 0.25) is 0 Å². The highest BCUT2D eigenvalue weighted by atomic mass is 32.2. The van der Waals surface area contributed by atoms with Crippen LogP contribution >= 0.6 is 11.8 Å². The smallest absolute Gasteiger partial charge is 0.335 e. The van der Waals surface area contributed by atoms with E-state index in [0.717, 1.165) is 11.6 Å². The van der Waals surface area contributed by atoms with Gasteiger partial charge in [0.05, 0.1) is 11.3 Å². The molecule has 0 aliphatic carbocycles. The van der Waals surface area contributed by atoms with Gasteiger partial charge in [-0.2, -0.15) is 11.8 Å². The first-order chi connectivity index (χ1) is 7.22. The molecule has 0 amide bonds. The number of carboxylic acid groups (broad SMARTS) is 1. The van der Waals surface area contributed by atoms with E-state index < -0.39 is 5.97 Å². The van der Waals surface area contributed by atoms with E-state index in [1.54, 1.807) is 28.4 Å². The van der Waals surface area contributed by atoms with Crippen LogP contribution in [0.15, 0.2) is 18.3 Å². The first-order valence-corrected chi connectivity index (χ1v) is 5.67. The fraction of sp³-hybridized carbons (Fsp3) is 0.222. The summed E-state index contributed by atoms with van der Waals surface area (Å²) in [4.78, 5) is 10.7. The summed E-state index contributed by atoms with van der Waals surface area (Å²) >= 11 is 1.65. The number of thioether (sulfide) groups is 1. The normalized spacial score (nSPS) is 10.7. The van der Waals surface area contributed by atoms with Crippen molar-refractivity contribution in [2.45, 2.75) is 5.75 Å². The summed E-state index contributed by atoms with van der Waals surface area (Å²) in [7, 11) is 0. The summed E-state index contributed by atoms with van der Waals surface area (Å²) in [5.74, 6) is 0.634. The Kier molecular flexibility index (Phi) is 2.59. The molecule has 0 fully saturated rings. The summed E-state index contributed by atoms with van der Waals surface area (Å²) in [5.41, 5.74) is 0.796. The van der Waals surface area contributed by atoms with E-state index in [2.05, 4.69) is 10.2 Å². The minimum Gasteiger partial charge on any atom is -0.478 e. The highest BCUT2D eigenvalue weighted by Gasteiger charge is 2.08. The molecule has 2 aromatic heterocycles. The van der Waals surface area contributed by atoms with E-state index in [-0.39, 0.29) is 5.56 Å². The molecular formula is C9H9N3O2S. The van der Waals surface area contributed by atoms with Crippen LogP contribution in [-0.4, -0.2) is 31.9 Å². The fourth-order valence-electron chi connectivity index (χ4n) is 1.30. The number of nitrogens with zero attached hydrogens (tertiary/aromatic N) is 3. The summed E-state index contributed by atoms with van der Waals surface area (Å²) in [6.07, 6.45) is 3.66. The second kappa shape index (κ2) is 3.90. The third-order valence-electron chi connectivity index (χ3n) is 2.00. The topological polar surface area (TPSA) is 67.5 Å². The van der Waals surface area contributed by atoms with Gasteiger partial charge in [-0.3, -0.25) is 4.40 Å². The third-order valence-corrected chi connectivity index (χ3v) is 2.55. The van der Waals surface area contributed by atoms with E-state index >= 15 is 0 Å². The standard InChI is InChI=1S/C9H9N3O2S/c1-15-5-8-11-10-7-4-6(9(13)14)2-3-12(7)8/h2-4H,5H2,1H3,(H,13,14). The summed E-state index contributed by atoms with van der Waals surface area (Å²) < 4.78 is 1.79. The van der Waals surface area contributed by atoms with Gasteiger partial charge in [-0.1, -0.05) is 0 Å². The molecule has 0 aliphatic heterocycles. The Labute approximate surface area is 90.1 Å². The van der Waals surface area contributed by atoms with E-state index in [9.17, 15) is 4.79 Å². The summed E-state index contributed by atoms with van der Waals surface area (Å²) in [6.45, 7) is 0. The van der Waals surface area contributed by atoms with Crippen LogP contribution in [0.3, 0.4) is 0 Å². The number of pyridine rings is 1. The first-order valence-electron chi connectivity index (χ1n) is 4.28. The van der Waals surface area contributed by atoms with Crippen LogP contribution < -0.4 is 0 Å². The van der Waals surface area contributed by atoms with Gasteiger partial charge in [-0.05, 0) is 18.4 Å². The molecule has 0 unspecified atom stereocenters. The molecule has 0 saturated carbocycles. The summed E-state index contributed by atoms with van der Waals surface area (Å²) in [6, 6.07) is 3.06. The molecule has 0 aromatic carbocycles. The summed E-state index contributed by atoms with van der Waals surface area (Å²) in [5, 5.41) is 16.7. The molecule has 0 bridgehead atoms. The van der Waals surface area contributed by atoms with E-state index in [1.165, 1.54) is 6.07 Å². The number of aromatic nitrogens is 3. The lowest BCUT2D eigenvalue weighted by Gasteiger charge is -1.98. The van der Waals surface area contributed by atoms with Gasteiger partial charge >= 0.3 is 5.97 Å². The maximum Gasteiger partial charge on any atom is 0.335 e. The lowest BCUT2D eigenvalue weighted by Crippen LogP contribution is -1.98. The van der Waals surface area contributed by atoms with E-state index in [4.69, 9.17) is 5.11 Å². The molecule has 5 nitrogen and oxygen atoms in total. The highest BCUT2D eigenvalue weighted by Crippen LogP contribution is 2.11. The average molecular weight is 223 g/mol. The zero-order valence-electron chi connectivity index (χ0n) is 8.04. The lowest BCUT2D eigenvalue weighted by atomic mass is 10.3. The fourth-order valence-corrected chi connectivity index (χ4v) is 1.76. The Morgan fingerprint density at radius 1 is 1.60 bits per heavy atom. The van der Waals surface area contributed by atoms with Crippen molar-refractivity contribution in [3.63, 3.8) is 0 Å². The molecular weight excluding hydrogens is 214 g/mol. The zero-order valence-corrected chi connectivity index (χ0v) is 8.86. The van der Waals surface area contributed by atoms with Crippen LogP contribution in [0.4, 0.5) is 0 Å². The SMILES string of the molecule is CSCc1nnc2cc(C(=O)O)ccn12. The molecule has 15 heavy (non-hydrogen) atoms. The van der Waals surface area contributed by atoms with Gasteiger partial charge in [0.25, 0.3) is 0 Å². The number of rotatable bonds is 3. The number of aromatic carboxylic acids is 1. The molecule has 0 radical (unpaired) electrons. The molecule has 0 spiro atoms. The average Bonchev–Trinajstić information content (AvgIpc) is 2.61. The molecule has 0 atom stereocenters. The van der Waals surface area contributed by atoms with Crippen LogP contribution in [0.2, 0.25) is 0 Å². The molecule has 2 aromatic rings. The van der Waals surface area contributed by atoms with Gasteiger partial charge in [0, 0.05) is 6.20 Å². The molecule has 0 saturated heterocycles. The van der Waals surface area contributed by atoms with Crippen molar-refractivity contribution in [2.75, 3.05) is 6.26 Å². The van der Waals surface area contributed by atoms with Gasteiger partial charge in [0.15, 0.2) is 5.65 Å².